The average molecular weight is 513 g/mol. The Labute approximate surface area is 234 Å². The predicted molar refractivity (Wildman–Crippen MR) is 168 cm³/mol. The van der Waals surface area contributed by atoms with E-state index < -0.39 is 0 Å². The van der Waals surface area contributed by atoms with Gasteiger partial charge in [0, 0.05) is 33.0 Å². The van der Waals surface area contributed by atoms with Gasteiger partial charge in [-0.05, 0) is 29.7 Å². The van der Waals surface area contributed by atoms with Gasteiger partial charge in [0.1, 0.15) is 0 Å². The summed E-state index contributed by atoms with van der Waals surface area (Å²) in [7, 11) is 0. The Morgan fingerprint density at radius 2 is 1.15 bits per heavy atom. The number of aromatic nitrogens is 1. The highest BCUT2D eigenvalue weighted by Crippen LogP contribution is 2.43. The quantitative estimate of drug-likeness (QED) is 0.238. The lowest BCUT2D eigenvalue weighted by molar-refractivity contribution is 1.31. The fourth-order valence-electron chi connectivity index (χ4n) is 5.65. The Kier molecular flexibility index (Phi) is 6.07. The van der Waals surface area contributed by atoms with Gasteiger partial charge >= 0.3 is 0 Å². The van der Waals surface area contributed by atoms with E-state index in [-0.39, 0.29) is 0 Å². The summed E-state index contributed by atoms with van der Waals surface area (Å²) in [6.45, 7) is 2.17. The number of H-pyrrole nitrogens is 1. The molecule has 0 radical (unpaired) electrons. The number of hydrogen-bond donors (Lipinski definition) is 1. The minimum Gasteiger partial charge on any atom is -0.353 e. The molecule has 1 aliphatic heterocycles. The van der Waals surface area contributed by atoms with Crippen molar-refractivity contribution < 1.29 is 0 Å². The molecule has 6 aromatic rings. The average Bonchev–Trinajstić information content (AvgIpc) is 3.62. The summed E-state index contributed by atoms with van der Waals surface area (Å²) in [5.74, 6) is 0. The fourth-order valence-corrected chi connectivity index (χ4v) is 5.65. The van der Waals surface area contributed by atoms with Crippen LogP contribution in [0.3, 0.4) is 0 Å². The normalized spacial score (nSPS) is 14.2. The van der Waals surface area contributed by atoms with Crippen LogP contribution in [0.25, 0.3) is 33.2 Å². The second-order valence-corrected chi connectivity index (χ2v) is 10.1. The lowest BCUT2D eigenvalue weighted by Gasteiger charge is -2.14. The number of allylic oxidation sites excluding steroid dienone is 2. The van der Waals surface area contributed by atoms with Crippen LogP contribution in [-0.4, -0.2) is 10.7 Å². The Morgan fingerprint density at radius 3 is 1.85 bits per heavy atom. The molecule has 0 spiro atoms. The standard InChI is InChI=1S/C38H28N2/c1-26-15-11-12-22-30(26)36-31-23-13-14-24-32(31)37(40-36)35(29-20-9-4-10-21-29)38-33(27-16-5-2-6-17-27)25-34(39-38)28-18-7-3-8-19-28/h2-25,40H,1H3/b38-35-. The molecular formula is C38H28N2. The van der Waals surface area contributed by atoms with Gasteiger partial charge in [0.2, 0.25) is 0 Å². The van der Waals surface area contributed by atoms with Crippen LogP contribution in [0.15, 0.2) is 156 Å². The van der Waals surface area contributed by atoms with Crippen molar-refractivity contribution in [1.82, 2.24) is 4.98 Å². The van der Waals surface area contributed by atoms with E-state index in [9.17, 15) is 0 Å². The van der Waals surface area contributed by atoms with Crippen molar-refractivity contribution in [3.63, 3.8) is 0 Å². The third-order valence-electron chi connectivity index (χ3n) is 7.60. The second kappa shape index (κ2) is 10.2. The van der Waals surface area contributed by atoms with Gasteiger partial charge < -0.3 is 4.98 Å². The summed E-state index contributed by atoms with van der Waals surface area (Å²) in [5, 5.41) is 2.39. The number of aliphatic imine (C=N–C) groups is 1. The molecule has 0 aliphatic carbocycles. The van der Waals surface area contributed by atoms with E-state index in [1.807, 2.05) is 6.07 Å². The van der Waals surface area contributed by atoms with Crippen molar-refractivity contribution in [1.29, 1.82) is 0 Å². The minimum absolute atomic E-state index is 0.970. The van der Waals surface area contributed by atoms with E-state index >= 15 is 0 Å². The SMILES string of the molecule is Cc1ccccc1-c1[nH]c(/C(=C2\N=C(c3ccccc3)C=C2c2ccccc2)c2ccccc2)c2ccccc12. The largest absolute Gasteiger partial charge is 0.353 e. The van der Waals surface area contributed by atoms with Crippen molar-refractivity contribution in [2.75, 3.05) is 0 Å². The van der Waals surface area contributed by atoms with Gasteiger partial charge in [-0.25, -0.2) is 4.99 Å². The second-order valence-electron chi connectivity index (χ2n) is 10.1. The zero-order valence-corrected chi connectivity index (χ0v) is 22.3. The van der Waals surface area contributed by atoms with E-state index in [0.29, 0.717) is 0 Å². The number of rotatable bonds is 5. The topological polar surface area (TPSA) is 28.1 Å². The van der Waals surface area contributed by atoms with Crippen LogP contribution in [0.5, 0.6) is 0 Å². The minimum atomic E-state index is 0.970. The number of fused-ring (bicyclic) bond motifs is 1. The summed E-state index contributed by atoms with van der Waals surface area (Å²) in [5.41, 5.74) is 12.2. The monoisotopic (exact) mass is 512 g/mol. The first kappa shape index (κ1) is 23.9. The van der Waals surface area contributed by atoms with E-state index in [2.05, 4.69) is 151 Å². The molecule has 0 unspecified atom stereocenters. The molecular weight excluding hydrogens is 484 g/mol. The van der Waals surface area contributed by atoms with Crippen molar-refractivity contribution in [2.45, 2.75) is 6.92 Å². The van der Waals surface area contributed by atoms with Crippen molar-refractivity contribution in [2.24, 2.45) is 4.99 Å². The van der Waals surface area contributed by atoms with E-state index in [1.54, 1.807) is 0 Å². The molecule has 0 atom stereocenters. The fraction of sp³-hybridized carbons (Fsp3) is 0.0263. The van der Waals surface area contributed by atoms with Crippen LogP contribution in [0, 0.1) is 6.92 Å². The molecule has 1 aromatic heterocycles. The van der Waals surface area contributed by atoms with Gasteiger partial charge in [-0.15, -0.1) is 0 Å². The van der Waals surface area contributed by atoms with Crippen molar-refractivity contribution in [3.8, 4) is 11.3 Å². The third kappa shape index (κ3) is 4.20. The maximum atomic E-state index is 5.36. The first-order chi connectivity index (χ1) is 19.8. The molecule has 2 heterocycles. The summed E-state index contributed by atoms with van der Waals surface area (Å²) >= 11 is 0. The van der Waals surface area contributed by atoms with Gasteiger partial charge in [0.05, 0.1) is 22.8 Å². The molecule has 1 aliphatic rings. The van der Waals surface area contributed by atoms with Crippen LogP contribution >= 0.6 is 0 Å². The molecule has 0 amide bonds. The third-order valence-corrected chi connectivity index (χ3v) is 7.60. The molecule has 0 saturated carbocycles. The molecule has 0 saturated heterocycles. The lowest BCUT2D eigenvalue weighted by Crippen LogP contribution is -1.96. The first-order valence-electron chi connectivity index (χ1n) is 13.7. The molecule has 0 bridgehead atoms. The molecule has 0 fully saturated rings. The maximum Gasteiger partial charge on any atom is 0.0815 e. The van der Waals surface area contributed by atoms with Gasteiger partial charge in [-0.2, -0.15) is 0 Å². The van der Waals surface area contributed by atoms with Crippen LogP contribution in [0.4, 0.5) is 0 Å². The maximum absolute atomic E-state index is 5.36. The van der Waals surface area contributed by atoms with E-state index in [0.717, 1.165) is 50.6 Å². The van der Waals surface area contributed by atoms with Crippen LogP contribution in [0.1, 0.15) is 27.9 Å². The lowest BCUT2D eigenvalue weighted by atomic mass is 9.92. The Balaban J connectivity index is 1.57. The van der Waals surface area contributed by atoms with Gasteiger partial charge in [-0.3, -0.25) is 0 Å². The summed E-state index contributed by atoms with van der Waals surface area (Å²) in [6, 6.07) is 48.9. The zero-order chi connectivity index (χ0) is 26.9. The summed E-state index contributed by atoms with van der Waals surface area (Å²) in [4.78, 5) is 9.25. The Morgan fingerprint density at radius 1 is 0.575 bits per heavy atom. The number of hydrogen-bond acceptors (Lipinski definition) is 1. The summed E-state index contributed by atoms with van der Waals surface area (Å²) in [6.07, 6.45) is 2.23. The predicted octanol–water partition coefficient (Wildman–Crippen LogP) is 9.49. The van der Waals surface area contributed by atoms with E-state index in [1.165, 1.54) is 21.9 Å². The highest BCUT2D eigenvalue weighted by atomic mass is 14.8. The number of nitrogens with one attached hydrogen (secondary N) is 1. The molecule has 5 aromatic carbocycles. The number of aromatic amines is 1. The highest BCUT2D eigenvalue weighted by molar-refractivity contribution is 6.20. The number of benzene rings is 5. The molecule has 2 nitrogen and oxygen atoms in total. The number of aryl methyl sites for hydroxylation is 1. The molecule has 1 N–H and O–H groups in total. The van der Waals surface area contributed by atoms with Crippen LogP contribution in [0.2, 0.25) is 0 Å². The van der Waals surface area contributed by atoms with Gasteiger partial charge in [0.25, 0.3) is 0 Å². The van der Waals surface area contributed by atoms with E-state index in [4.69, 9.17) is 4.99 Å². The zero-order valence-electron chi connectivity index (χ0n) is 22.3. The van der Waals surface area contributed by atoms with Crippen molar-refractivity contribution in [3.05, 3.63) is 179 Å². The highest BCUT2D eigenvalue weighted by Gasteiger charge is 2.26. The van der Waals surface area contributed by atoms with Gasteiger partial charge in [0.15, 0.2) is 0 Å². The smallest absolute Gasteiger partial charge is 0.0815 e. The molecule has 7 rings (SSSR count). The molecule has 190 valence electrons. The van der Waals surface area contributed by atoms with Crippen molar-refractivity contribution >= 4 is 27.6 Å². The van der Waals surface area contributed by atoms with Gasteiger partial charge in [-0.1, -0.05) is 140 Å². The molecule has 40 heavy (non-hydrogen) atoms. The first-order valence-corrected chi connectivity index (χ1v) is 13.7. The molecule has 2 heteroatoms. The summed E-state index contributed by atoms with van der Waals surface area (Å²) < 4.78 is 0. The Bertz CT molecular complexity index is 1920. The van der Waals surface area contributed by atoms with Crippen LogP contribution < -0.4 is 0 Å². The Hall–Kier alpha value is -5.21. The number of nitrogens with zero attached hydrogens (tertiary/aromatic N) is 1. The van der Waals surface area contributed by atoms with Crippen LogP contribution in [-0.2, 0) is 0 Å².